The summed E-state index contributed by atoms with van der Waals surface area (Å²) < 4.78 is 6.59. The molecule has 1 aromatic heterocycles. The summed E-state index contributed by atoms with van der Waals surface area (Å²) in [5.74, 6) is 0. The zero-order valence-electron chi connectivity index (χ0n) is 8.61. The van der Waals surface area contributed by atoms with Crippen LogP contribution >= 0.6 is 15.9 Å². The van der Waals surface area contributed by atoms with E-state index in [-0.39, 0.29) is 12.2 Å². The van der Waals surface area contributed by atoms with Gasteiger partial charge in [-0.2, -0.15) is 0 Å². The lowest BCUT2D eigenvalue weighted by molar-refractivity contribution is -0.0469. The van der Waals surface area contributed by atoms with Crippen LogP contribution < -0.4 is 0 Å². The van der Waals surface area contributed by atoms with Crippen molar-refractivity contribution in [3.8, 4) is 0 Å². The number of aliphatic hydroxyl groups excluding tert-OH is 1. The molecule has 1 aliphatic rings. The highest BCUT2D eigenvalue weighted by Gasteiger charge is 2.24. The Kier molecular flexibility index (Phi) is 3.38. The lowest BCUT2D eigenvalue weighted by Gasteiger charge is -2.26. The number of pyridine rings is 1. The highest BCUT2D eigenvalue weighted by molar-refractivity contribution is 9.10. The van der Waals surface area contributed by atoms with Gasteiger partial charge in [-0.15, -0.1) is 0 Å². The molecule has 0 amide bonds. The summed E-state index contributed by atoms with van der Waals surface area (Å²) in [5, 5.41) is 9.57. The summed E-state index contributed by atoms with van der Waals surface area (Å²) in [4.78, 5) is 4.35. The molecule has 1 aliphatic heterocycles. The molecule has 1 fully saturated rings. The van der Waals surface area contributed by atoms with Crippen LogP contribution in [0.15, 0.2) is 16.7 Å². The molecule has 82 valence electrons. The predicted molar refractivity (Wildman–Crippen MR) is 60.6 cm³/mol. The molecule has 1 saturated heterocycles. The van der Waals surface area contributed by atoms with Crippen molar-refractivity contribution in [2.45, 2.75) is 32.0 Å². The summed E-state index contributed by atoms with van der Waals surface area (Å²) in [6, 6.07) is 2.02. The van der Waals surface area contributed by atoms with Gasteiger partial charge in [0.1, 0.15) is 6.10 Å². The van der Waals surface area contributed by atoms with Gasteiger partial charge in [-0.25, -0.2) is 0 Å². The zero-order chi connectivity index (χ0) is 10.8. The minimum Gasteiger partial charge on any atom is -0.393 e. The molecule has 0 radical (unpaired) electrons. The number of hydrogen-bond donors (Lipinski definition) is 1. The Hall–Kier alpha value is -0.450. The van der Waals surface area contributed by atoms with Gasteiger partial charge in [0.15, 0.2) is 0 Å². The molecule has 2 unspecified atom stereocenters. The van der Waals surface area contributed by atoms with Gasteiger partial charge in [0.25, 0.3) is 0 Å². The van der Waals surface area contributed by atoms with Crippen LogP contribution in [-0.2, 0) is 4.74 Å². The molecule has 15 heavy (non-hydrogen) atoms. The van der Waals surface area contributed by atoms with E-state index < -0.39 is 0 Å². The van der Waals surface area contributed by atoms with Crippen LogP contribution in [-0.4, -0.2) is 22.8 Å². The summed E-state index contributed by atoms with van der Waals surface area (Å²) >= 11 is 3.38. The Morgan fingerprint density at radius 2 is 2.40 bits per heavy atom. The fourth-order valence-corrected chi connectivity index (χ4v) is 2.30. The molecule has 0 aromatic carbocycles. The molecule has 2 rings (SSSR count). The van der Waals surface area contributed by atoms with Crippen molar-refractivity contribution < 1.29 is 9.84 Å². The number of aryl methyl sites for hydroxylation is 1. The van der Waals surface area contributed by atoms with Crippen molar-refractivity contribution in [2.75, 3.05) is 6.61 Å². The molecule has 0 saturated carbocycles. The largest absolute Gasteiger partial charge is 0.393 e. The van der Waals surface area contributed by atoms with E-state index in [4.69, 9.17) is 4.74 Å². The van der Waals surface area contributed by atoms with Crippen LogP contribution in [0.4, 0.5) is 0 Å². The molecule has 0 aliphatic carbocycles. The van der Waals surface area contributed by atoms with E-state index in [1.165, 1.54) is 0 Å². The molecular formula is C11H14BrNO2. The molecule has 1 N–H and O–H groups in total. The average molecular weight is 272 g/mol. The highest BCUT2D eigenvalue weighted by atomic mass is 79.9. The second-order valence-electron chi connectivity index (χ2n) is 3.89. The van der Waals surface area contributed by atoms with Gasteiger partial charge in [0.05, 0.1) is 11.8 Å². The normalized spacial score (nSPS) is 26.6. The first-order chi connectivity index (χ1) is 7.16. The zero-order valence-corrected chi connectivity index (χ0v) is 10.2. The van der Waals surface area contributed by atoms with Gasteiger partial charge in [0.2, 0.25) is 0 Å². The molecule has 3 nitrogen and oxygen atoms in total. The van der Waals surface area contributed by atoms with Crippen LogP contribution in [0.2, 0.25) is 0 Å². The second-order valence-corrected chi connectivity index (χ2v) is 4.81. The third-order valence-electron chi connectivity index (χ3n) is 2.65. The number of ether oxygens (including phenoxy) is 1. The number of aliphatic hydroxyl groups is 1. The van der Waals surface area contributed by atoms with E-state index in [9.17, 15) is 5.11 Å². The van der Waals surface area contributed by atoms with Gasteiger partial charge >= 0.3 is 0 Å². The van der Waals surface area contributed by atoms with Gasteiger partial charge < -0.3 is 9.84 Å². The summed E-state index contributed by atoms with van der Waals surface area (Å²) in [5.41, 5.74) is 2.04. The minimum absolute atomic E-state index is 0.0538. The van der Waals surface area contributed by atoms with Crippen molar-refractivity contribution in [3.05, 3.63) is 28.0 Å². The summed E-state index contributed by atoms with van der Waals surface area (Å²) in [6.07, 6.45) is 2.84. The van der Waals surface area contributed by atoms with Gasteiger partial charge in [-0.3, -0.25) is 4.98 Å². The minimum atomic E-state index is -0.256. The van der Waals surface area contributed by atoms with E-state index >= 15 is 0 Å². The number of hydrogen-bond acceptors (Lipinski definition) is 3. The fraction of sp³-hybridized carbons (Fsp3) is 0.545. The number of nitrogens with zero attached hydrogens (tertiary/aromatic N) is 1. The van der Waals surface area contributed by atoms with Gasteiger partial charge in [-0.1, -0.05) is 0 Å². The van der Waals surface area contributed by atoms with Crippen LogP contribution in [0.25, 0.3) is 0 Å². The Morgan fingerprint density at radius 3 is 3.07 bits per heavy atom. The molecule has 2 heterocycles. The third-order valence-corrected chi connectivity index (χ3v) is 3.08. The Bertz CT molecular complexity index is 356. The van der Waals surface area contributed by atoms with E-state index in [0.29, 0.717) is 13.0 Å². The summed E-state index contributed by atoms with van der Waals surface area (Å²) in [7, 11) is 0. The monoisotopic (exact) mass is 271 g/mol. The maximum absolute atomic E-state index is 9.57. The fourth-order valence-electron chi connectivity index (χ4n) is 1.86. The first-order valence-electron chi connectivity index (χ1n) is 5.08. The lowest BCUT2D eigenvalue weighted by atomic mass is 10.0. The maximum atomic E-state index is 9.57. The maximum Gasteiger partial charge on any atom is 0.102 e. The van der Waals surface area contributed by atoms with Crippen LogP contribution in [0.3, 0.4) is 0 Å². The second kappa shape index (κ2) is 4.60. The van der Waals surface area contributed by atoms with E-state index in [1.54, 1.807) is 6.20 Å². The molecule has 1 aromatic rings. The Labute approximate surface area is 97.6 Å². The van der Waals surface area contributed by atoms with Crippen molar-refractivity contribution in [1.82, 2.24) is 4.98 Å². The van der Waals surface area contributed by atoms with Crippen molar-refractivity contribution in [1.29, 1.82) is 0 Å². The first kappa shape index (κ1) is 11.0. The quantitative estimate of drug-likeness (QED) is 0.853. The van der Waals surface area contributed by atoms with Crippen LogP contribution in [0, 0.1) is 6.92 Å². The van der Waals surface area contributed by atoms with Crippen LogP contribution in [0.5, 0.6) is 0 Å². The van der Waals surface area contributed by atoms with E-state index in [2.05, 4.69) is 20.9 Å². The SMILES string of the molecule is Cc1cc(Br)cnc1C1CC(O)CCO1. The average Bonchev–Trinajstić information content (AvgIpc) is 2.17. The Morgan fingerprint density at radius 1 is 1.60 bits per heavy atom. The standard InChI is InChI=1S/C11H14BrNO2/c1-7-4-8(12)6-13-11(7)10-5-9(14)2-3-15-10/h4,6,9-10,14H,2-3,5H2,1H3. The smallest absolute Gasteiger partial charge is 0.102 e. The number of aromatic nitrogens is 1. The van der Waals surface area contributed by atoms with Crippen molar-refractivity contribution in [2.24, 2.45) is 0 Å². The predicted octanol–water partition coefficient (Wildman–Crippen LogP) is 2.36. The van der Waals surface area contributed by atoms with Gasteiger partial charge in [0, 0.05) is 23.7 Å². The van der Waals surface area contributed by atoms with Crippen molar-refractivity contribution >= 4 is 15.9 Å². The third kappa shape index (κ3) is 2.56. The van der Waals surface area contributed by atoms with E-state index in [0.717, 1.165) is 22.2 Å². The topological polar surface area (TPSA) is 42.4 Å². The van der Waals surface area contributed by atoms with E-state index in [1.807, 2.05) is 13.0 Å². The Balaban J connectivity index is 2.21. The molecular weight excluding hydrogens is 258 g/mol. The molecule has 4 heteroatoms. The lowest BCUT2D eigenvalue weighted by Crippen LogP contribution is -2.24. The molecule has 0 spiro atoms. The molecule has 0 bridgehead atoms. The molecule has 2 atom stereocenters. The van der Waals surface area contributed by atoms with Gasteiger partial charge in [-0.05, 0) is 40.9 Å². The number of rotatable bonds is 1. The first-order valence-corrected chi connectivity index (χ1v) is 5.88. The van der Waals surface area contributed by atoms with Crippen molar-refractivity contribution in [3.63, 3.8) is 0 Å². The van der Waals surface area contributed by atoms with Crippen LogP contribution in [0.1, 0.15) is 30.2 Å². The summed E-state index contributed by atoms with van der Waals surface area (Å²) in [6.45, 7) is 2.63. The number of halogens is 1. The highest BCUT2D eigenvalue weighted by Crippen LogP contribution is 2.29.